The first-order chi connectivity index (χ1) is 16.1. The molecule has 33 heavy (non-hydrogen) atoms. The maximum Gasteiger partial charge on any atom is 0.230 e. The Bertz CT molecular complexity index is 1060. The van der Waals surface area contributed by atoms with Crippen molar-refractivity contribution in [3.05, 3.63) is 65.5 Å². The van der Waals surface area contributed by atoms with E-state index in [1.54, 1.807) is 7.11 Å². The molecule has 0 unspecified atom stereocenters. The molecule has 8 nitrogen and oxygen atoms in total. The molecule has 174 valence electrons. The number of thioether (sulfide) groups is 1. The van der Waals surface area contributed by atoms with Crippen LogP contribution in [0.1, 0.15) is 17.0 Å². The van der Waals surface area contributed by atoms with E-state index in [1.807, 2.05) is 47.9 Å². The minimum Gasteiger partial charge on any atom is -0.497 e. The normalized spacial score (nSPS) is 14.2. The van der Waals surface area contributed by atoms with Crippen LogP contribution in [0, 0.1) is 6.92 Å². The summed E-state index contributed by atoms with van der Waals surface area (Å²) in [7, 11) is 1.64. The van der Waals surface area contributed by atoms with Crippen molar-refractivity contribution in [2.24, 2.45) is 0 Å². The first-order valence-corrected chi connectivity index (χ1v) is 12.0. The van der Waals surface area contributed by atoms with Gasteiger partial charge in [-0.2, -0.15) is 0 Å². The third kappa shape index (κ3) is 6.13. The van der Waals surface area contributed by atoms with Gasteiger partial charge in [0.05, 0.1) is 26.1 Å². The molecule has 9 heteroatoms. The Morgan fingerprint density at radius 2 is 1.82 bits per heavy atom. The van der Waals surface area contributed by atoms with Crippen molar-refractivity contribution in [1.29, 1.82) is 0 Å². The molecule has 0 aliphatic carbocycles. The summed E-state index contributed by atoms with van der Waals surface area (Å²) in [5.74, 6) is 1.77. The second-order valence-corrected chi connectivity index (χ2v) is 8.73. The van der Waals surface area contributed by atoms with Crippen molar-refractivity contribution in [3.8, 4) is 11.4 Å². The molecule has 1 saturated heterocycles. The topological polar surface area (TPSA) is 81.5 Å². The number of ether oxygens (including phenoxy) is 2. The molecule has 2 heterocycles. The minimum atomic E-state index is -0.0388. The molecule has 1 aliphatic heterocycles. The Morgan fingerprint density at radius 3 is 2.55 bits per heavy atom. The lowest BCUT2D eigenvalue weighted by molar-refractivity contribution is -0.118. The van der Waals surface area contributed by atoms with E-state index in [9.17, 15) is 4.79 Å². The molecule has 0 bridgehead atoms. The summed E-state index contributed by atoms with van der Waals surface area (Å²) in [6, 6.07) is 16.0. The van der Waals surface area contributed by atoms with E-state index in [0.717, 1.165) is 55.7 Å². The zero-order valence-electron chi connectivity index (χ0n) is 19.0. The third-order valence-electron chi connectivity index (χ3n) is 5.55. The van der Waals surface area contributed by atoms with Gasteiger partial charge in [-0.15, -0.1) is 10.2 Å². The summed E-state index contributed by atoms with van der Waals surface area (Å²) in [5, 5.41) is 12.2. The number of rotatable bonds is 9. The van der Waals surface area contributed by atoms with Gasteiger partial charge in [0.25, 0.3) is 0 Å². The fraction of sp³-hybridized carbons (Fsp3) is 0.375. The van der Waals surface area contributed by atoms with Crippen LogP contribution in [0.5, 0.6) is 5.75 Å². The lowest BCUT2D eigenvalue weighted by atomic mass is 10.1. The third-order valence-corrected chi connectivity index (χ3v) is 6.48. The molecule has 2 aromatic carbocycles. The van der Waals surface area contributed by atoms with Crippen LogP contribution in [0.4, 0.5) is 0 Å². The van der Waals surface area contributed by atoms with Gasteiger partial charge in [0.2, 0.25) is 5.91 Å². The summed E-state index contributed by atoms with van der Waals surface area (Å²) in [4.78, 5) is 15.0. The van der Waals surface area contributed by atoms with Crippen molar-refractivity contribution in [3.63, 3.8) is 0 Å². The number of aromatic nitrogens is 3. The summed E-state index contributed by atoms with van der Waals surface area (Å²) >= 11 is 1.37. The zero-order chi connectivity index (χ0) is 23.0. The quantitative estimate of drug-likeness (QED) is 0.485. The summed E-state index contributed by atoms with van der Waals surface area (Å²) in [6.45, 7) is 6.69. The highest BCUT2D eigenvalue weighted by molar-refractivity contribution is 7.99. The molecule has 0 saturated carbocycles. The monoisotopic (exact) mass is 467 g/mol. The highest BCUT2D eigenvalue weighted by atomic mass is 32.2. The second kappa shape index (κ2) is 11.3. The molecule has 3 aromatic rings. The average Bonchev–Trinajstić information content (AvgIpc) is 3.23. The van der Waals surface area contributed by atoms with Crippen LogP contribution in [0.3, 0.4) is 0 Å². The predicted octanol–water partition coefficient (Wildman–Crippen LogP) is 2.83. The van der Waals surface area contributed by atoms with E-state index >= 15 is 0 Å². The predicted molar refractivity (Wildman–Crippen MR) is 128 cm³/mol. The molecule has 4 rings (SSSR count). The van der Waals surface area contributed by atoms with Crippen LogP contribution in [0.25, 0.3) is 5.69 Å². The Balaban J connectivity index is 1.33. The average molecular weight is 468 g/mol. The first-order valence-electron chi connectivity index (χ1n) is 11.0. The maximum absolute atomic E-state index is 12.6. The van der Waals surface area contributed by atoms with Gasteiger partial charge < -0.3 is 14.8 Å². The molecule has 0 radical (unpaired) electrons. The maximum atomic E-state index is 12.6. The number of nitrogens with one attached hydrogen (secondary N) is 1. The van der Waals surface area contributed by atoms with Crippen LogP contribution in [0.2, 0.25) is 0 Å². The fourth-order valence-electron chi connectivity index (χ4n) is 3.72. The zero-order valence-corrected chi connectivity index (χ0v) is 19.8. The SMILES string of the molecule is COc1ccc(-n2c(C)nnc2SCC(=O)NCc2ccccc2CN2CCOCC2)cc1. The van der Waals surface area contributed by atoms with Crippen molar-refractivity contribution >= 4 is 17.7 Å². The largest absolute Gasteiger partial charge is 0.497 e. The van der Waals surface area contributed by atoms with Gasteiger partial charge in [0, 0.05) is 31.9 Å². The van der Waals surface area contributed by atoms with Crippen molar-refractivity contribution in [1.82, 2.24) is 25.0 Å². The molecule has 1 aromatic heterocycles. The molecular formula is C24H29N5O3S. The van der Waals surface area contributed by atoms with Gasteiger partial charge in [-0.25, -0.2) is 0 Å². The van der Waals surface area contributed by atoms with E-state index in [1.165, 1.54) is 17.3 Å². The minimum absolute atomic E-state index is 0.0388. The van der Waals surface area contributed by atoms with Crippen molar-refractivity contribution in [2.45, 2.75) is 25.2 Å². The van der Waals surface area contributed by atoms with Gasteiger partial charge in [0.1, 0.15) is 11.6 Å². The molecular weight excluding hydrogens is 438 g/mol. The Kier molecular flexibility index (Phi) is 7.98. The Labute approximate surface area is 198 Å². The van der Waals surface area contributed by atoms with Crippen LogP contribution in [-0.4, -0.2) is 64.7 Å². The standard InChI is InChI=1S/C24H29N5O3S/c1-18-26-27-24(29(18)21-7-9-22(31-2)10-8-21)33-17-23(30)25-15-19-5-3-4-6-20(19)16-28-11-13-32-14-12-28/h3-10H,11-17H2,1-2H3,(H,25,30). The lowest BCUT2D eigenvalue weighted by Gasteiger charge is -2.27. The van der Waals surface area contributed by atoms with Crippen LogP contribution in [-0.2, 0) is 22.6 Å². The van der Waals surface area contributed by atoms with Gasteiger partial charge in [-0.3, -0.25) is 14.3 Å². The molecule has 1 amide bonds. The lowest BCUT2D eigenvalue weighted by Crippen LogP contribution is -2.36. The van der Waals surface area contributed by atoms with Crippen LogP contribution in [0.15, 0.2) is 53.7 Å². The van der Waals surface area contributed by atoms with E-state index in [-0.39, 0.29) is 11.7 Å². The van der Waals surface area contributed by atoms with E-state index in [0.29, 0.717) is 11.7 Å². The molecule has 0 spiro atoms. The number of hydrogen-bond acceptors (Lipinski definition) is 7. The van der Waals surface area contributed by atoms with Gasteiger partial charge in [0.15, 0.2) is 5.16 Å². The van der Waals surface area contributed by atoms with Crippen LogP contribution >= 0.6 is 11.8 Å². The molecule has 1 aliphatic rings. The Hall–Kier alpha value is -2.88. The fourth-order valence-corrected chi connectivity index (χ4v) is 4.55. The number of carbonyl (C=O) groups excluding carboxylic acids is 1. The molecule has 0 atom stereocenters. The highest BCUT2D eigenvalue weighted by Crippen LogP contribution is 2.23. The summed E-state index contributed by atoms with van der Waals surface area (Å²) in [6.07, 6.45) is 0. The number of benzene rings is 2. The van der Waals surface area contributed by atoms with Gasteiger partial charge in [-0.05, 0) is 42.3 Å². The summed E-state index contributed by atoms with van der Waals surface area (Å²) < 4.78 is 12.6. The molecule has 1 fully saturated rings. The smallest absolute Gasteiger partial charge is 0.230 e. The number of methoxy groups -OCH3 is 1. The van der Waals surface area contributed by atoms with Crippen LogP contribution < -0.4 is 10.1 Å². The molecule has 1 N–H and O–H groups in total. The number of morpholine rings is 1. The Morgan fingerprint density at radius 1 is 1.09 bits per heavy atom. The van der Waals surface area contributed by atoms with Gasteiger partial charge in [-0.1, -0.05) is 36.0 Å². The highest BCUT2D eigenvalue weighted by Gasteiger charge is 2.15. The number of aryl methyl sites for hydroxylation is 1. The second-order valence-electron chi connectivity index (χ2n) is 7.79. The van der Waals surface area contributed by atoms with E-state index in [4.69, 9.17) is 9.47 Å². The van der Waals surface area contributed by atoms with E-state index in [2.05, 4.69) is 32.5 Å². The van der Waals surface area contributed by atoms with Gasteiger partial charge >= 0.3 is 0 Å². The number of hydrogen-bond donors (Lipinski definition) is 1. The number of amides is 1. The number of nitrogens with zero attached hydrogens (tertiary/aromatic N) is 4. The van der Waals surface area contributed by atoms with E-state index < -0.39 is 0 Å². The van der Waals surface area contributed by atoms with Crippen molar-refractivity contribution < 1.29 is 14.3 Å². The van der Waals surface area contributed by atoms with Crippen molar-refractivity contribution in [2.75, 3.05) is 39.2 Å². The number of carbonyl (C=O) groups is 1. The first kappa shape index (κ1) is 23.3. The summed E-state index contributed by atoms with van der Waals surface area (Å²) in [5.41, 5.74) is 3.31.